The maximum Gasteiger partial charge on any atom is 0.416 e. The lowest BCUT2D eigenvalue weighted by Crippen LogP contribution is -2.47. The summed E-state index contributed by atoms with van der Waals surface area (Å²) >= 11 is 0. The summed E-state index contributed by atoms with van der Waals surface area (Å²) < 4.78 is 39.0. The van der Waals surface area contributed by atoms with Crippen molar-refractivity contribution in [2.75, 3.05) is 50.7 Å². The van der Waals surface area contributed by atoms with E-state index in [1.165, 1.54) is 44.2 Å². The molecule has 1 aliphatic carbocycles. The normalized spacial score (nSPS) is 25.3. The summed E-state index contributed by atoms with van der Waals surface area (Å²) in [5.74, 6) is 1.68. The molecule has 178 valence electrons. The van der Waals surface area contributed by atoms with E-state index in [1.807, 2.05) is 4.90 Å². The highest BCUT2D eigenvalue weighted by atomic mass is 19.4. The second-order valence-electron chi connectivity index (χ2n) is 9.84. The third kappa shape index (κ3) is 6.18. The van der Waals surface area contributed by atoms with Crippen LogP contribution in [0.2, 0.25) is 0 Å². The Bertz CT molecular complexity index is 747. The molecular weight excluding hydrogens is 415 g/mol. The molecule has 3 fully saturated rings. The number of hydrogen-bond donors (Lipinski definition) is 0. The van der Waals surface area contributed by atoms with Gasteiger partial charge in [-0.1, -0.05) is 18.9 Å². The Hall–Kier alpha value is -1.76. The van der Waals surface area contributed by atoms with Gasteiger partial charge >= 0.3 is 6.18 Å². The Labute approximate surface area is 189 Å². The number of carbonyl (C=O) groups excluding carboxylic acids is 1. The van der Waals surface area contributed by atoms with Gasteiger partial charge in [0.1, 0.15) is 0 Å². The van der Waals surface area contributed by atoms with Gasteiger partial charge in [0, 0.05) is 51.4 Å². The lowest BCUT2D eigenvalue weighted by atomic mass is 9.79. The fourth-order valence-corrected chi connectivity index (χ4v) is 5.54. The molecule has 1 aromatic carbocycles. The molecule has 0 radical (unpaired) electrons. The highest BCUT2D eigenvalue weighted by molar-refractivity contribution is 5.76. The van der Waals surface area contributed by atoms with Crippen molar-refractivity contribution in [3.8, 4) is 0 Å². The van der Waals surface area contributed by atoms with Crippen LogP contribution < -0.4 is 4.90 Å². The molecule has 0 unspecified atom stereocenters. The van der Waals surface area contributed by atoms with E-state index in [0.29, 0.717) is 17.5 Å². The molecule has 1 amide bonds. The Morgan fingerprint density at radius 1 is 0.906 bits per heavy atom. The first-order valence-electron chi connectivity index (χ1n) is 12.3. The van der Waals surface area contributed by atoms with E-state index in [0.717, 1.165) is 77.1 Å². The van der Waals surface area contributed by atoms with Gasteiger partial charge in [0.05, 0.1) is 5.56 Å². The molecule has 1 saturated carbocycles. The van der Waals surface area contributed by atoms with Crippen LogP contribution in [0.1, 0.15) is 56.9 Å². The van der Waals surface area contributed by atoms with Gasteiger partial charge in [-0.25, -0.2) is 0 Å². The Balaban J connectivity index is 1.14. The standard InChI is InChI=1S/C25H36F3N3O/c26-25(27,28)22-4-3-5-23(19-22)30-16-14-29(15-17-30)13-10-20-6-8-21(9-7-20)18-24(32)31-11-1-2-12-31/h3-5,19-21H,1-2,6-18H2. The minimum Gasteiger partial charge on any atom is -0.369 e. The topological polar surface area (TPSA) is 26.8 Å². The molecule has 32 heavy (non-hydrogen) atoms. The highest BCUT2D eigenvalue weighted by Crippen LogP contribution is 2.34. The zero-order valence-corrected chi connectivity index (χ0v) is 19.0. The number of halogens is 3. The Morgan fingerprint density at radius 2 is 1.56 bits per heavy atom. The molecule has 0 bridgehead atoms. The number of benzene rings is 1. The first kappa shape index (κ1) is 23.4. The zero-order valence-electron chi connectivity index (χ0n) is 19.0. The van der Waals surface area contributed by atoms with Crippen molar-refractivity contribution < 1.29 is 18.0 Å². The number of anilines is 1. The van der Waals surface area contributed by atoms with E-state index in [-0.39, 0.29) is 0 Å². The first-order chi connectivity index (χ1) is 15.4. The fourth-order valence-electron chi connectivity index (χ4n) is 5.54. The molecule has 4 nitrogen and oxygen atoms in total. The molecule has 1 aromatic rings. The van der Waals surface area contributed by atoms with Crippen LogP contribution in [0.3, 0.4) is 0 Å². The van der Waals surface area contributed by atoms with Crippen molar-refractivity contribution in [3.05, 3.63) is 29.8 Å². The number of likely N-dealkylation sites (tertiary alicyclic amines) is 1. The van der Waals surface area contributed by atoms with Gasteiger partial charge in [0.25, 0.3) is 0 Å². The molecule has 0 atom stereocenters. The van der Waals surface area contributed by atoms with Crippen molar-refractivity contribution in [1.29, 1.82) is 0 Å². The van der Waals surface area contributed by atoms with Crippen LogP contribution in [0.25, 0.3) is 0 Å². The van der Waals surface area contributed by atoms with Crippen LogP contribution in [0.5, 0.6) is 0 Å². The molecule has 0 spiro atoms. The third-order valence-electron chi connectivity index (χ3n) is 7.65. The molecule has 4 rings (SSSR count). The summed E-state index contributed by atoms with van der Waals surface area (Å²) in [6.07, 6.45) is 4.75. The van der Waals surface area contributed by atoms with Crippen molar-refractivity contribution in [2.45, 2.75) is 57.5 Å². The number of carbonyl (C=O) groups is 1. The van der Waals surface area contributed by atoms with Crippen LogP contribution in [0.4, 0.5) is 18.9 Å². The fraction of sp³-hybridized carbons (Fsp3) is 0.720. The number of hydrogen-bond acceptors (Lipinski definition) is 3. The Morgan fingerprint density at radius 3 is 2.22 bits per heavy atom. The second-order valence-corrected chi connectivity index (χ2v) is 9.84. The summed E-state index contributed by atoms with van der Waals surface area (Å²) in [6.45, 7) is 6.31. The number of nitrogens with zero attached hydrogens (tertiary/aromatic N) is 3. The average Bonchev–Trinajstić information content (AvgIpc) is 3.34. The number of piperazine rings is 1. The van der Waals surface area contributed by atoms with Crippen LogP contribution in [0.15, 0.2) is 24.3 Å². The maximum atomic E-state index is 13.0. The summed E-state index contributed by atoms with van der Waals surface area (Å²) in [5, 5.41) is 0. The van der Waals surface area contributed by atoms with Crippen LogP contribution in [-0.2, 0) is 11.0 Å². The van der Waals surface area contributed by atoms with Gasteiger partial charge in [-0.15, -0.1) is 0 Å². The quantitative estimate of drug-likeness (QED) is 0.607. The summed E-state index contributed by atoms with van der Waals surface area (Å²) in [6, 6.07) is 5.68. The summed E-state index contributed by atoms with van der Waals surface area (Å²) in [7, 11) is 0. The van der Waals surface area contributed by atoms with E-state index < -0.39 is 11.7 Å². The van der Waals surface area contributed by atoms with E-state index in [2.05, 4.69) is 9.80 Å². The van der Waals surface area contributed by atoms with E-state index in [9.17, 15) is 18.0 Å². The van der Waals surface area contributed by atoms with E-state index in [4.69, 9.17) is 0 Å². The van der Waals surface area contributed by atoms with Crippen molar-refractivity contribution in [1.82, 2.24) is 9.80 Å². The number of rotatable bonds is 6. The molecular formula is C25H36F3N3O. The van der Waals surface area contributed by atoms with Gasteiger partial charge in [-0.2, -0.15) is 13.2 Å². The lowest BCUT2D eigenvalue weighted by Gasteiger charge is -2.37. The van der Waals surface area contributed by atoms with E-state index in [1.54, 1.807) is 6.07 Å². The van der Waals surface area contributed by atoms with Crippen molar-refractivity contribution >= 4 is 11.6 Å². The molecule has 2 heterocycles. The van der Waals surface area contributed by atoms with Crippen LogP contribution >= 0.6 is 0 Å². The molecule has 0 aromatic heterocycles. The summed E-state index contributed by atoms with van der Waals surface area (Å²) in [5.41, 5.74) is 0.0939. The minimum atomic E-state index is -4.29. The van der Waals surface area contributed by atoms with Crippen molar-refractivity contribution in [2.24, 2.45) is 11.8 Å². The zero-order chi connectivity index (χ0) is 22.6. The first-order valence-corrected chi connectivity index (χ1v) is 12.3. The van der Waals surface area contributed by atoms with Gasteiger partial charge in [-0.05, 0) is 68.7 Å². The monoisotopic (exact) mass is 451 g/mol. The van der Waals surface area contributed by atoms with Gasteiger partial charge in [0.15, 0.2) is 0 Å². The number of amides is 1. The van der Waals surface area contributed by atoms with E-state index >= 15 is 0 Å². The van der Waals surface area contributed by atoms with Gasteiger partial charge in [-0.3, -0.25) is 9.69 Å². The minimum absolute atomic E-state index is 0.365. The predicted octanol–water partition coefficient (Wildman–Crippen LogP) is 5.04. The molecule has 0 N–H and O–H groups in total. The summed E-state index contributed by atoms with van der Waals surface area (Å²) in [4.78, 5) is 18.9. The maximum absolute atomic E-state index is 13.0. The smallest absolute Gasteiger partial charge is 0.369 e. The van der Waals surface area contributed by atoms with Crippen LogP contribution in [0, 0.1) is 11.8 Å². The third-order valence-corrected chi connectivity index (χ3v) is 7.65. The number of alkyl halides is 3. The van der Waals surface area contributed by atoms with Crippen LogP contribution in [-0.4, -0.2) is 61.5 Å². The average molecular weight is 452 g/mol. The molecule has 7 heteroatoms. The predicted molar refractivity (Wildman–Crippen MR) is 121 cm³/mol. The largest absolute Gasteiger partial charge is 0.416 e. The molecule has 2 saturated heterocycles. The van der Waals surface area contributed by atoms with Gasteiger partial charge in [0.2, 0.25) is 5.91 Å². The molecule has 2 aliphatic heterocycles. The SMILES string of the molecule is O=C(CC1CCC(CCN2CCN(c3cccc(C(F)(F)F)c3)CC2)CC1)N1CCCC1. The second kappa shape index (κ2) is 10.4. The van der Waals surface area contributed by atoms with Crippen molar-refractivity contribution in [3.63, 3.8) is 0 Å². The highest BCUT2D eigenvalue weighted by Gasteiger charge is 2.31. The van der Waals surface area contributed by atoms with Gasteiger partial charge < -0.3 is 9.80 Å². The lowest BCUT2D eigenvalue weighted by molar-refractivity contribution is -0.137. The Kier molecular flexibility index (Phi) is 7.64. The molecule has 3 aliphatic rings.